The van der Waals surface area contributed by atoms with Gasteiger partial charge in [-0.15, -0.1) is 0 Å². The van der Waals surface area contributed by atoms with E-state index in [1.54, 1.807) is 25.3 Å². The van der Waals surface area contributed by atoms with Crippen molar-refractivity contribution in [2.24, 2.45) is 17.8 Å². The number of hydrogen-bond donors (Lipinski definition) is 1. The summed E-state index contributed by atoms with van der Waals surface area (Å²) in [5, 5.41) is 3.10. The number of likely N-dealkylation sites (tertiary alicyclic amines) is 1. The molecule has 0 saturated carbocycles. The van der Waals surface area contributed by atoms with E-state index < -0.39 is 0 Å². The quantitative estimate of drug-likeness (QED) is 0.655. The minimum absolute atomic E-state index is 0.0264. The average molecular weight is 419 g/mol. The first-order chi connectivity index (χ1) is 14.2. The van der Waals surface area contributed by atoms with Crippen LogP contribution in [0.5, 0.6) is 11.5 Å². The lowest BCUT2D eigenvalue weighted by Crippen LogP contribution is -2.45. The summed E-state index contributed by atoms with van der Waals surface area (Å²) in [6, 6.07) is 5.50. The van der Waals surface area contributed by atoms with E-state index in [-0.39, 0.29) is 23.8 Å². The first kappa shape index (κ1) is 24.0. The van der Waals surface area contributed by atoms with Gasteiger partial charge < -0.3 is 19.7 Å². The second-order valence-electron chi connectivity index (χ2n) is 9.00. The molecule has 1 aromatic carbocycles. The maximum absolute atomic E-state index is 13.0. The van der Waals surface area contributed by atoms with Crippen molar-refractivity contribution in [1.29, 1.82) is 0 Å². The molecule has 6 heteroatoms. The molecule has 0 spiro atoms. The smallest absolute Gasteiger partial charge is 0.253 e. The zero-order chi connectivity index (χ0) is 22.3. The van der Waals surface area contributed by atoms with Crippen LogP contribution in [0.15, 0.2) is 18.2 Å². The van der Waals surface area contributed by atoms with Crippen LogP contribution in [0.3, 0.4) is 0 Å². The van der Waals surface area contributed by atoms with Gasteiger partial charge in [0.25, 0.3) is 5.91 Å². The number of methoxy groups -OCH3 is 1. The van der Waals surface area contributed by atoms with Gasteiger partial charge in [-0.1, -0.05) is 27.7 Å². The van der Waals surface area contributed by atoms with E-state index in [0.29, 0.717) is 61.4 Å². The molecule has 0 aliphatic carbocycles. The number of ether oxygens (including phenoxy) is 2. The minimum Gasteiger partial charge on any atom is -0.493 e. The molecule has 1 saturated heterocycles. The molecule has 6 nitrogen and oxygen atoms in total. The lowest BCUT2D eigenvalue weighted by molar-refractivity contribution is -0.127. The number of piperidine rings is 1. The van der Waals surface area contributed by atoms with E-state index in [1.807, 2.05) is 11.8 Å². The molecule has 2 rings (SSSR count). The molecule has 1 unspecified atom stereocenters. The number of carbonyl (C=O) groups is 2. The number of carbonyl (C=O) groups excluding carboxylic acids is 2. The molecule has 1 atom stereocenters. The Morgan fingerprint density at radius 3 is 2.33 bits per heavy atom. The summed E-state index contributed by atoms with van der Waals surface area (Å²) in [6.07, 6.45) is 2.34. The van der Waals surface area contributed by atoms with Crippen LogP contribution in [0.1, 0.15) is 64.2 Å². The maximum Gasteiger partial charge on any atom is 0.253 e. The minimum atomic E-state index is -0.0311. The predicted molar refractivity (Wildman–Crippen MR) is 119 cm³/mol. The average Bonchev–Trinajstić information content (AvgIpc) is 2.73. The molecular weight excluding hydrogens is 380 g/mol. The summed E-state index contributed by atoms with van der Waals surface area (Å²) in [5.41, 5.74) is 0.583. The highest BCUT2D eigenvalue weighted by Gasteiger charge is 2.29. The third kappa shape index (κ3) is 6.64. The van der Waals surface area contributed by atoms with Gasteiger partial charge in [0, 0.05) is 30.6 Å². The highest BCUT2D eigenvalue weighted by molar-refractivity contribution is 5.95. The summed E-state index contributed by atoms with van der Waals surface area (Å²) in [6.45, 7) is 12.3. The molecule has 30 heavy (non-hydrogen) atoms. The Hall–Kier alpha value is -2.24. The van der Waals surface area contributed by atoms with Crippen LogP contribution < -0.4 is 14.8 Å². The highest BCUT2D eigenvalue weighted by atomic mass is 16.5. The van der Waals surface area contributed by atoms with Gasteiger partial charge in [0.15, 0.2) is 11.5 Å². The zero-order valence-corrected chi connectivity index (χ0v) is 19.4. The fourth-order valence-corrected chi connectivity index (χ4v) is 3.36. The van der Waals surface area contributed by atoms with Crippen LogP contribution in [-0.2, 0) is 4.79 Å². The van der Waals surface area contributed by atoms with Crippen LogP contribution in [0.25, 0.3) is 0 Å². The van der Waals surface area contributed by atoms with Crippen molar-refractivity contribution >= 4 is 11.8 Å². The molecular formula is C24H38N2O4. The molecule has 1 fully saturated rings. The first-order valence-corrected chi connectivity index (χ1v) is 11.1. The maximum atomic E-state index is 13.0. The van der Waals surface area contributed by atoms with E-state index in [2.05, 4.69) is 33.0 Å². The SMILES string of the molecule is COc1cc(C(=O)N2CCC(C(=O)NC(C)C(C)C)CC2)ccc1OCCC(C)C. The molecule has 168 valence electrons. The van der Waals surface area contributed by atoms with Crippen molar-refractivity contribution in [2.75, 3.05) is 26.8 Å². The number of rotatable bonds is 9. The summed E-state index contributed by atoms with van der Waals surface area (Å²) < 4.78 is 11.3. The summed E-state index contributed by atoms with van der Waals surface area (Å²) in [7, 11) is 1.58. The van der Waals surface area contributed by atoms with Gasteiger partial charge in [0.05, 0.1) is 13.7 Å². The number of benzene rings is 1. The predicted octanol–water partition coefficient (Wildman–Crippen LogP) is 4.13. The van der Waals surface area contributed by atoms with Crippen LogP contribution in [0.4, 0.5) is 0 Å². The zero-order valence-electron chi connectivity index (χ0n) is 19.4. The Balaban J connectivity index is 1.93. The molecule has 0 bridgehead atoms. The number of hydrogen-bond acceptors (Lipinski definition) is 4. The highest BCUT2D eigenvalue weighted by Crippen LogP contribution is 2.29. The molecule has 1 N–H and O–H groups in total. The number of nitrogens with zero attached hydrogens (tertiary/aromatic N) is 1. The molecule has 0 radical (unpaired) electrons. The Labute approximate surface area is 181 Å². The Morgan fingerprint density at radius 2 is 1.77 bits per heavy atom. The van der Waals surface area contributed by atoms with E-state index in [9.17, 15) is 9.59 Å². The van der Waals surface area contributed by atoms with Crippen molar-refractivity contribution in [3.63, 3.8) is 0 Å². The van der Waals surface area contributed by atoms with Gasteiger partial charge in [0.2, 0.25) is 5.91 Å². The van der Waals surface area contributed by atoms with Crippen LogP contribution >= 0.6 is 0 Å². The fraction of sp³-hybridized carbons (Fsp3) is 0.667. The van der Waals surface area contributed by atoms with Gasteiger partial charge in [-0.05, 0) is 56.2 Å². The molecule has 1 aliphatic rings. The largest absolute Gasteiger partial charge is 0.493 e. The standard InChI is InChI=1S/C24H38N2O4/c1-16(2)11-14-30-21-8-7-20(15-22(21)29-6)24(28)26-12-9-19(10-13-26)23(27)25-18(5)17(3)4/h7-8,15-19H,9-14H2,1-6H3,(H,25,27). The molecule has 0 aromatic heterocycles. The Morgan fingerprint density at radius 1 is 1.10 bits per heavy atom. The first-order valence-electron chi connectivity index (χ1n) is 11.1. The second-order valence-corrected chi connectivity index (χ2v) is 9.00. The van der Waals surface area contributed by atoms with E-state index in [0.717, 1.165) is 6.42 Å². The van der Waals surface area contributed by atoms with Gasteiger partial charge >= 0.3 is 0 Å². The van der Waals surface area contributed by atoms with Crippen molar-refractivity contribution in [1.82, 2.24) is 10.2 Å². The summed E-state index contributed by atoms with van der Waals surface area (Å²) >= 11 is 0. The number of amides is 2. The van der Waals surface area contributed by atoms with Crippen molar-refractivity contribution in [3.05, 3.63) is 23.8 Å². The van der Waals surface area contributed by atoms with Gasteiger partial charge in [-0.2, -0.15) is 0 Å². The van der Waals surface area contributed by atoms with Gasteiger partial charge in [-0.3, -0.25) is 9.59 Å². The lowest BCUT2D eigenvalue weighted by Gasteiger charge is -2.32. The molecule has 1 aliphatic heterocycles. The lowest BCUT2D eigenvalue weighted by atomic mass is 9.94. The van der Waals surface area contributed by atoms with Gasteiger partial charge in [0.1, 0.15) is 0 Å². The van der Waals surface area contributed by atoms with Crippen molar-refractivity contribution < 1.29 is 19.1 Å². The van der Waals surface area contributed by atoms with Crippen LogP contribution in [0.2, 0.25) is 0 Å². The number of nitrogens with one attached hydrogen (secondary N) is 1. The van der Waals surface area contributed by atoms with Crippen LogP contribution in [0, 0.1) is 17.8 Å². The second kappa shape index (κ2) is 11.2. The van der Waals surface area contributed by atoms with E-state index in [4.69, 9.17) is 9.47 Å². The summed E-state index contributed by atoms with van der Waals surface area (Å²) in [4.78, 5) is 27.2. The third-order valence-electron chi connectivity index (χ3n) is 5.89. The fourth-order valence-electron chi connectivity index (χ4n) is 3.36. The Kier molecular flexibility index (Phi) is 9.00. The van der Waals surface area contributed by atoms with E-state index >= 15 is 0 Å². The topological polar surface area (TPSA) is 67.9 Å². The summed E-state index contributed by atoms with van der Waals surface area (Å²) in [5.74, 6) is 2.25. The molecule has 1 heterocycles. The third-order valence-corrected chi connectivity index (χ3v) is 5.89. The monoisotopic (exact) mass is 418 g/mol. The van der Waals surface area contributed by atoms with E-state index in [1.165, 1.54) is 0 Å². The van der Waals surface area contributed by atoms with Crippen molar-refractivity contribution in [3.8, 4) is 11.5 Å². The Bertz CT molecular complexity index is 709. The van der Waals surface area contributed by atoms with Gasteiger partial charge in [-0.25, -0.2) is 0 Å². The normalized spacial score (nSPS) is 15.9. The molecule has 2 amide bonds. The van der Waals surface area contributed by atoms with Crippen molar-refractivity contribution in [2.45, 2.75) is 59.9 Å². The molecule has 1 aromatic rings. The van der Waals surface area contributed by atoms with Crippen LogP contribution in [-0.4, -0.2) is 49.6 Å².